The Morgan fingerprint density at radius 2 is 2.03 bits per heavy atom. The number of hydrogen-bond acceptors (Lipinski definition) is 5. The minimum absolute atomic E-state index is 0.0127. The number of carbonyl (C=O) groups is 1. The Hall–Kier alpha value is -2.56. The van der Waals surface area contributed by atoms with Gasteiger partial charge in [0.2, 0.25) is 0 Å². The van der Waals surface area contributed by atoms with E-state index in [4.69, 9.17) is 15.0 Å². The molecule has 2 atom stereocenters. The number of thioether (sulfide) groups is 1. The molecule has 0 aromatic heterocycles. The Labute approximate surface area is 201 Å². The summed E-state index contributed by atoms with van der Waals surface area (Å²) in [5.41, 5.74) is 1.73. The van der Waals surface area contributed by atoms with Gasteiger partial charge < -0.3 is 4.74 Å². The van der Waals surface area contributed by atoms with Crippen molar-refractivity contribution < 1.29 is 9.53 Å². The summed E-state index contributed by atoms with van der Waals surface area (Å²) in [4.78, 5) is 21.0. The quantitative estimate of drug-likeness (QED) is 0.429. The number of carbonyl (C=O) groups excluding carboxylic acids is 1. The molecule has 1 saturated carbocycles. The summed E-state index contributed by atoms with van der Waals surface area (Å²) in [6.07, 6.45) is 6.39. The van der Waals surface area contributed by atoms with E-state index in [9.17, 15) is 4.79 Å². The van der Waals surface area contributed by atoms with Crippen LogP contribution < -0.4 is 4.74 Å². The molecule has 1 aliphatic carbocycles. The van der Waals surface area contributed by atoms with Crippen LogP contribution in [0, 0.1) is 17.2 Å². The number of ether oxygens (including phenoxy) is 1. The Balaban J connectivity index is 1.66. The third-order valence-electron chi connectivity index (χ3n) is 5.76. The Kier molecular flexibility index (Phi) is 7.33. The summed E-state index contributed by atoms with van der Waals surface area (Å²) < 4.78 is 6.14. The fourth-order valence-corrected chi connectivity index (χ4v) is 5.69. The van der Waals surface area contributed by atoms with E-state index < -0.39 is 0 Å². The van der Waals surface area contributed by atoms with E-state index in [1.54, 1.807) is 6.07 Å². The molecule has 32 heavy (non-hydrogen) atoms. The van der Waals surface area contributed by atoms with Crippen molar-refractivity contribution in [3.8, 4) is 11.8 Å². The number of hydrogen-bond donors (Lipinski definition) is 0. The molecule has 2 aliphatic rings. The Bertz CT molecular complexity index is 1090. The zero-order valence-corrected chi connectivity index (χ0v) is 20.2. The highest BCUT2D eigenvalue weighted by atomic mass is 79.9. The van der Waals surface area contributed by atoms with Gasteiger partial charge in [0.1, 0.15) is 11.8 Å². The van der Waals surface area contributed by atoms with E-state index in [0.29, 0.717) is 16.6 Å². The maximum atomic E-state index is 13.5. The molecule has 0 spiro atoms. The molecule has 2 aromatic rings. The second-order valence-electron chi connectivity index (χ2n) is 7.98. The largest absolute Gasteiger partial charge is 0.478 e. The smallest absolute Gasteiger partial charge is 0.267 e. The number of nitrogens with zero attached hydrogens (tertiary/aromatic N) is 3. The van der Waals surface area contributed by atoms with E-state index in [1.165, 1.54) is 18.2 Å². The standard InChI is InChI=1S/C25H24BrN3O2S/c1-17-7-5-6-10-21(17)29-24(30)23(32-25(29)28-19-8-3-2-4-9-19)16-18-11-12-22(20(26)15-18)31-14-13-27/h2-4,8-9,11-12,15-17,21H,5-7,10,14H2,1H3/b23-16-,28-25?/t17-,21-/m1/s1. The van der Waals surface area contributed by atoms with Crippen molar-refractivity contribution in [3.63, 3.8) is 0 Å². The predicted octanol–water partition coefficient (Wildman–Crippen LogP) is 6.53. The third-order valence-corrected chi connectivity index (χ3v) is 7.36. The topological polar surface area (TPSA) is 65.7 Å². The first-order valence-electron chi connectivity index (χ1n) is 10.7. The van der Waals surface area contributed by atoms with Crippen molar-refractivity contribution in [2.75, 3.05) is 6.61 Å². The molecule has 7 heteroatoms. The van der Waals surface area contributed by atoms with Gasteiger partial charge in [0.25, 0.3) is 5.91 Å². The van der Waals surface area contributed by atoms with Gasteiger partial charge in [-0.05, 0) is 82.4 Å². The maximum absolute atomic E-state index is 13.5. The van der Waals surface area contributed by atoms with Crippen LogP contribution in [0.1, 0.15) is 38.2 Å². The molecular formula is C25H24BrN3O2S. The summed E-state index contributed by atoms with van der Waals surface area (Å²) in [5.74, 6) is 1.06. The van der Waals surface area contributed by atoms with Crippen LogP contribution in [-0.2, 0) is 4.79 Å². The van der Waals surface area contributed by atoms with Crippen molar-refractivity contribution in [1.29, 1.82) is 5.26 Å². The number of rotatable bonds is 5. The molecule has 164 valence electrons. The molecule has 0 bridgehead atoms. The van der Waals surface area contributed by atoms with Gasteiger partial charge in [-0.1, -0.05) is 44.0 Å². The van der Waals surface area contributed by atoms with Gasteiger partial charge in [-0.25, -0.2) is 4.99 Å². The first-order chi connectivity index (χ1) is 15.6. The number of aliphatic imine (C=N–C) groups is 1. The number of halogens is 1. The summed E-state index contributed by atoms with van der Waals surface area (Å²) in [6, 6.07) is 17.5. The Morgan fingerprint density at radius 1 is 1.25 bits per heavy atom. The lowest BCUT2D eigenvalue weighted by molar-refractivity contribution is -0.124. The molecule has 2 fully saturated rings. The van der Waals surface area contributed by atoms with Crippen LogP contribution in [0.4, 0.5) is 5.69 Å². The molecule has 4 rings (SSSR count). The first-order valence-corrected chi connectivity index (χ1v) is 12.3. The third kappa shape index (κ3) is 5.08. The number of benzene rings is 2. The highest BCUT2D eigenvalue weighted by Gasteiger charge is 2.41. The maximum Gasteiger partial charge on any atom is 0.267 e. The fraction of sp³-hybridized carbons (Fsp3) is 0.320. The van der Waals surface area contributed by atoms with E-state index >= 15 is 0 Å². The van der Waals surface area contributed by atoms with Crippen LogP contribution in [0.3, 0.4) is 0 Å². The van der Waals surface area contributed by atoms with Gasteiger partial charge in [-0.15, -0.1) is 0 Å². The van der Waals surface area contributed by atoms with Crippen LogP contribution in [0.5, 0.6) is 5.75 Å². The normalized spacial score (nSPS) is 23.5. The molecular weight excluding hydrogens is 486 g/mol. The minimum atomic E-state index is -0.0127. The monoisotopic (exact) mass is 509 g/mol. The van der Waals surface area contributed by atoms with Gasteiger partial charge in [0.05, 0.1) is 15.1 Å². The predicted molar refractivity (Wildman–Crippen MR) is 133 cm³/mol. The highest BCUT2D eigenvalue weighted by molar-refractivity contribution is 9.10. The van der Waals surface area contributed by atoms with Gasteiger partial charge in [0, 0.05) is 6.04 Å². The number of amides is 1. The Morgan fingerprint density at radius 3 is 2.75 bits per heavy atom. The molecule has 5 nitrogen and oxygen atoms in total. The molecule has 0 unspecified atom stereocenters. The van der Waals surface area contributed by atoms with E-state index in [1.807, 2.05) is 59.5 Å². The molecule has 1 heterocycles. The lowest BCUT2D eigenvalue weighted by atomic mass is 9.85. The number of para-hydroxylation sites is 1. The lowest BCUT2D eigenvalue weighted by Gasteiger charge is -2.35. The van der Waals surface area contributed by atoms with Gasteiger partial charge >= 0.3 is 0 Å². The average Bonchev–Trinajstić information content (AvgIpc) is 3.08. The first kappa shape index (κ1) is 22.6. The molecule has 0 radical (unpaired) electrons. The van der Waals surface area contributed by atoms with E-state index in [-0.39, 0.29) is 18.6 Å². The SMILES string of the molecule is C[C@@H]1CCCC[C@H]1N1C(=O)/C(=C/c2ccc(OCC#N)c(Br)c2)SC1=Nc1ccccc1. The van der Waals surface area contributed by atoms with Crippen molar-refractivity contribution in [1.82, 2.24) is 4.90 Å². The molecule has 1 saturated heterocycles. The molecule has 1 amide bonds. The van der Waals surface area contributed by atoms with E-state index in [0.717, 1.165) is 40.2 Å². The van der Waals surface area contributed by atoms with Crippen LogP contribution in [0.15, 0.2) is 62.9 Å². The number of nitriles is 1. The summed E-state index contributed by atoms with van der Waals surface area (Å²) >= 11 is 4.92. The summed E-state index contributed by atoms with van der Waals surface area (Å²) in [6.45, 7) is 2.22. The van der Waals surface area contributed by atoms with Crippen molar-refractivity contribution in [2.45, 2.75) is 38.6 Å². The minimum Gasteiger partial charge on any atom is -0.478 e. The van der Waals surface area contributed by atoms with Crippen LogP contribution >= 0.6 is 27.7 Å². The van der Waals surface area contributed by atoms with Crippen LogP contribution in [0.25, 0.3) is 6.08 Å². The van der Waals surface area contributed by atoms with Crippen molar-refractivity contribution in [3.05, 3.63) is 63.5 Å². The zero-order chi connectivity index (χ0) is 22.5. The summed E-state index contributed by atoms with van der Waals surface area (Å²) in [5, 5.41) is 9.47. The molecule has 1 aliphatic heterocycles. The molecule has 2 aromatic carbocycles. The lowest BCUT2D eigenvalue weighted by Crippen LogP contribution is -2.44. The van der Waals surface area contributed by atoms with Gasteiger partial charge in [-0.3, -0.25) is 9.69 Å². The van der Waals surface area contributed by atoms with Crippen LogP contribution in [-0.4, -0.2) is 28.6 Å². The van der Waals surface area contributed by atoms with E-state index in [2.05, 4.69) is 22.9 Å². The average molecular weight is 510 g/mol. The second-order valence-corrected chi connectivity index (χ2v) is 9.84. The van der Waals surface area contributed by atoms with Crippen molar-refractivity contribution in [2.24, 2.45) is 10.9 Å². The summed E-state index contributed by atoms with van der Waals surface area (Å²) in [7, 11) is 0. The van der Waals surface area contributed by atoms with Crippen molar-refractivity contribution >= 4 is 50.5 Å². The van der Waals surface area contributed by atoms with Gasteiger partial charge in [0.15, 0.2) is 11.8 Å². The highest BCUT2D eigenvalue weighted by Crippen LogP contribution is 2.40. The van der Waals surface area contributed by atoms with Gasteiger partial charge in [-0.2, -0.15) is 5.26 Å². The fourth-order valence-electron chi connectivity index (χ4n) is 4.14. The van der Waals surface area contributed by atoms with Crippen LogP contribution in [0.2, 0.25) is 0 Å². The zero-order valence-electron chi connectivity index (χ0n) is 17.8. The second kappa shape index (κ2) is 10.4. The number of amidine groups is 1. The molecule has 0 N–H and O–H groups in total.